The number of sulfonamides is 1. The number of fused-ring (bicyclic) bond motifs is 2. The molecule has 1 aliphatic carbocycles. The molecule has 1 aliphatic heterocycles. The molecule has 2 aromatic carbocycles. The number of carboxylic acids is 1. The number of aryl methyl sites for hydroxylation is 1. The van der Waals surface area contributed by atoms with Crippen molar-refractivity contribution in [2.24, 2.45) is 0 Å². The summed E-state index contributed by atoms with van der Waals surface area (Å²) >= 11 is 0. The minimum absolute atomic E-state index is 0.0359. The van der Waals surface area contributed by atoms with Crippen LogP contribution in [0.25, 0.3) is 22.0 Å². The number of anilines is 1. The van der Waals surface area contributed by atoms with Gasteiger partial charge in [0, 0.05) is 23.2 Å². The van der Waals surface area contributed by atoms with E-state index >= 15 is 4.39 Å². The van der Waals surface area contributed by atoms with E-state index in [0.717, 1.165) is 24.5 Å². The number of benzene rings is 2. The highest BCUT2D eigenvalue weighted by molar-refractivity contribution is 7.92. The number of hydrogen-bond donors (Lipinski definition) is 2. The number of aromatic carboxylic acids is 1. The molecule has 0 unspecified atom stereocenters. The molecule has 1 aromatic heterocycles. The lowest BCUT2D eigenvalue weighted by Gasteiger charge is -2.19. The fourth-order valence-electron chi connectivity index (χ4n) is 3.93. The van der Waals surface area contributed by atoms with E-state index in [0.29, 0.717) is 23.2 Å². The molecule has 7 nitrogen and oxygen atoms in total. The molecule has 154 valence electrons. The van der Waals surface area contributed by atoms with Crippen molar-refractivity contribution in [1.82, 2.24) is 4.57 Å². The lowest BCUT2D eigenvalue weighted by Crippen LogP contribution is -2.24. The topological polar surface area (TPSA) is 105 Å². The summed E-state index contributed by atoms with van der Waals surface area (Å²) in [6.45, 7) is 0. The van der Waals surface area contributed by atoms with Gasteiger partial charge in [0.1, 0.15) is 11.4 Å². The Bertz CT molecular complexity index is 1410. The molecular weight excluding hydrogens is 411 g/mol. The van der Waals surface area contributed by atoms with Gasteiger partial charge in [-0.05, 0) is 54.7 Å². The van der Waals surface area contributed by atoms with E-state index in [1.54, 1.807) is 28.8 Å². The second-order valence-corrected chi connectivity index (χ2v) is 9.55. The third-order valence-electron chi connectivity index (χ3n) is 5.61. The summed E-state index contributed by atoms with van der Waals surface area (Å²) in [5.41, 5.74) is 1.49. The maximum Gasteiger partial charge on any atom is 0.341 e. The zero-order valence-electron chi connectivity index (χ0n) is 15.7. The molecule has 1 saturated carbocycles. The number of nitrogens with zero attached hydrogens (tertiary/aromatic N) is 1. The smallest absolute Gasteiger partial charge is 0.341 e. The summed E-state index contributed by atoms with van der Waals surface area (Å²) < 4.78 is 42.7. The van der Waals surface area contributed by atoms with Gasteiger partial charge in [0.05, 0.1) is 17.0 Å². The molecule has 2 aliphatic rings. The van der Waals surface area contributed by atoms with Crippen molar-refractivity contribution in [3.05, 3.63) is 63.7 Å². The van der Waals surface area contributed by atoms with Crippen LogP contribution in [0.3, 0.4) is 0 Å². The second-order valence-electron chi connectivity index (χ2n) is 7.71. The van der Waals surface area contributed by atoms with Crippen LogP contribution < -0.4 is 10.2 Å². The Morgan fingerprint density at radius 2 is 1.97 bits per heavy atom. The van der Waals surface area contributed by atoms with E-state index in [1.165, 1.54) is 6.20 Å². The van der Waals surface area contributed by atoms with E-state index in [2.05, 4.69) is 4.72 Å². The zero-order valence-corrected chi connectivity index (χ0v) is 16.5. The van der Waals surface area contributed by atoms with Crippen LogP contribution in [0.1, 0.15) is 34.8 Å². The molecule has 9 heteroatoms. The Morgan fingerprint density at radius 1 is 1.20 bits per heavy atom. The van der Waals surface area contributed by atoms with E-state index in [9.17, 15) is 23.1 Å². The number of nitrogens with one attached hydrogen (secondary N) is 1. The Kier molecular flexibility index (Phi) is 4.01. The van der Waals surface area contributed by atoms with E-state index in [1.807, 2.05) is 0 Å². The summed E-state index contributed by atoms with van der Waals surface area (Å²) in [7, 11) is -3.34. The van der Waals surface area contributed by atoms with Crippen LogP contribution in [-0.4, -0.2) is 29.8 Å². The number of carbonyl (C=O) groups is 1. The average molecular weight is 428 g/mol. The second kappa shape index (κ2) is 6.40. The van der Waals surface area contributed by atoms with Crippen LogP contribution in [0.5, 0.6) is 0 Å². The largest absolute Gasteiger partial charge is 0.477 e. The number of aromatic nitrogens is 1. The van der Waals surface area contributed by atoms with Crippen molar-refractivity contribution in [3.8, 4) is 11.1 Å². The van der Waals surface area contributed by atoms with Gasteiger partial charge in [0.15, 0.2) is 0 Å². The van der Waals surface area contributed by atoms with E-state index in [-0.39, 0.29) is 28.3 Å². The number of hydrogen-bond acceptors (Lipinski definition) is 4. The molecule has 0 bridgehead atoms. The normalized spacial score (nSPS) is 17.4. The lowest BCUT2D eigenvalue weighted by atomic mass is 9.98. The number of halogens is 1. The van der Waals surface area contributed by atoms with E-state index < -0.39 is 27.2 Å². The van der Waals surface area contributed by atoms with Crippen molar-refractivity contribution < 1.29 is 22.7 Å². The van der Waals surface area contributed by atoms with Gasteiger partial charge in [-0.3, -0.25) is 9.52 Å². The van der Waals surface area contributed by atoms with Gasteiger partial charge in [0.2, 0.25) is 15.5 Å². The molecule has 0 amide bonds. The average Bonchev–Trinajstić information content (AvgIpc) is 3.52. The van der Waals surface area contributed by atoms with Crippen molar-refractivity contribution in [3.63, 3.8) is 0 Å². The van der Waals surface area contributed by atoms with Crippen LogP contribution in [0, 0.1) is 5.82 Å². The summed E-state index contributed by atoms with van der Waals surface area (Å²) in [6, 6.07) is 7.73. The van der Waals surface area contributed by atoms with Crippen molar-refractivity contribution >= 4 is 32.6 Å². The molecule has 0 radical (unpaired) electrons. The SMILES string of the molecule is O=C(O)c1cn(C2CC2)c2cc(-c3ccc4c(c3)CCS(=O)(=O)N4)c(F)cc2c1=O. The van der Waals surface area contributed by atoms with Crippen molar-refractivity contribution in [1.29, 1.82) is 0 Å². The Labute approximate surface area is 170 Å². The minimum Gasteiger partial charge on any atom is -0.477 e. The Hall–Kier alpha value is -3.20. The summed E-state index contributed by atoms with van der Waals surface area (Å²) in [4.78, 5) is 24.1. The maximum atomic E-state index is 15.0. The molecule has 1 fully saturated rings. The third-order valence-corrected chi connectivity index (χ3v) is 6.89. The van der Waals surface area contributed by atoms with Crippen molar-refractivity contribution in [2.45, 2.75) is 25.3 Å². The summed E-state index contributed by atoms with van der Waals surface area (Å²) in [6.07, 6.45) is 3.39. The molecule has 3 aromatic rings. The van der Waals surface area contributed by atoms with Crippen LogP contribution in [0.15, 0.2) is 41.3 Å². The fraction of sp³-hybridized carbons (Fsp3) is 0.238. The van der Waals surface area contributed by atoms with Gasteiger partial charge in [-0.25, -0.2) is 17.6 Å². The highest BCUT2D eigenvalue weighted by atomic mass is 32.2. The summed E-state index contributed by atoms with van der Waals surface area (Å²) in [5.74, 6) is -2.01. The Morgan fingerprint density at radius 3 is 2.67 bits per heavy atom. The van der Waals surface area contributed by atoms with Crippen molar-refractivity contribution in [2.75, 3.05) is 10.5 Å². The quantitative estimate of drug-likeness (QED) is 0.667. The highest BCUT2D eigenvalue weighted by Crippen LogP contribution is 2.38. The predicted octanol–water partition coefficient (Wildman–Crippen LogP) is 3.14. The van der Waals surface area contributed by atoms with Crippen LogP contribution in [-0.2, 0) is 16.4 Å². The van der Waals surface area contributed by atoms with Crippen LogP contribution >= 0.6 is 0 Å². The lowest BCUT2D eigenvalue weighted by molar-refractivity contribution is 0.0695. The molecule has 0 spiro atoms. The van der Waals surface area contributed by atoms with Gasteiger partial charge >= 0.3 is 5.97 Å². The first-order chi connectivity index (χ1) is 14.2. The zero-order chi connectivity index (χ0) is 21.2. The van der Waals surface area contributed by atoms with Gasteiger partial charge in [-0.15, -0.1) is 0 Å². The Balaban J connectivity index is 1.71. The highest BCUT2D eigenvalue weighted by Gasteiger charge is 2.28. The first-order valence-corrected chi connectivity index (χ1v) is 11.1. The molecule has 0 atom stereocenters. The standard InChI is InChI=1S/C21H17FN2O5S/c22-17-8-15-19(24(13-2-3-13)10-16(20(15)25)21(26)27)9-14(17)11-1-4-18-12(7-11)5-6-30(28,29)23-18/h1,4,7-10,13,23H,2-3,5-6H2,(H,26,27). The monoisotopic (exact) mass is 428 g/mol. The van der Waals surface area contributed by atoms with E-state index in [4.69, 9.17) is 0 Å². The molecule has 2 heterocycles. The number of pyridine rings is 1. The number of carboxylic acid groups (broad SMARTS) is 1. The predicted molar refractivity (Wildman–Crippen MR) is 110 cm³/mol. The molecule has 5 rings (SSSR count). The number of rotatable bonds is 3. The van der Waals surface area contributed by atoms with Crippen LogP contribution in [0.4, 0.5) is 10.1 Å². The first-order valence-electron chi connectivity index (χ1n) is 9.49. The van der Waals surface area contributed by atoms with Gasteiger partial charge in [0.25, 0.3) is 0 Å². The fourth-order valence-corrected chi connectivity index (χ4v) is 5.05. The summed E-state index contributed by atoms with van der Waals surface area (Å²) in [5, 5.41) is 9.38. The maximum absolute atomic E-state index is 15.0. The molecule has 30 heavy (non-hydrogen) atoms. The third kappa shape index (κ3) is 3.06. The first kappa shape index (κ1) is 18.8. The molecule has 2 N–H and O–H groups in total. The van der Waals surface area contributed by atoms with Crippen LogP contribution in [0.2, 0.25) is 0 Å². The van der Waals surface area contributed by atoms with Gasteiger partial charge in [-0.1, -0.05) is 6.07 Å². The van der Waals surface area contributed by atoms with Gasteiger partial charge in [-0.2, -0.15) is 0 Å². The molecule has 0 saturated heterocycles. The van der Waals surface area contributed by atoms with Gasteiger partial charge < -0.3 is 9.67 Å². The molecular formula is C21H17FN2O5S. The minimum atomic E-state index is -3.34.